The molecule has 1 atom stereocenters. The molecule has 7 heteroatoms. The minimum atomic E-state index is -0.00708. The highest BCUT2D eigenvalue weighted by Crippen LogP contribution is 2.32. The molecule has 22 heavy (non-hydrogen) atoms. The smallest absolute Gasteiger partial charge is 0.253 e. The molecule has 1 fully saturated rings. The van der Waals surface area contributed by atoms with Gasteiger partial charge in [0.2, 0.25) is 5.91 Å². The van der Waals surface area contributed by atoms with Crippen molar-refractivity contribution in [2.75, 3.05) is 37.8 Å². The van der Waals surface area contributed by atoms with E-state index in [-0.39, 0.29) is 24.2 Å². The van der Waals surface area contributed by atoms with Crippen LogP contribution < -0.4 is 10.6 Å². The van der Waals surface area contributed by atoms with E-state index >= 15 is 0 Å². The number of carbonyl (C=O) groups excluding carboxylic acids is 2. The maximum atomic E-state index is 12.6. The van der Waals surface area contributed by atoms with Crippen molar-refractivity contribution in [3.05, 3.63) is 23.8 Å². The third-order valence-corrected chi connectivity index (χ3v) is 5.00. The van der Waals surface area contributed by atoms with Gasteiger partial charge < -0.3 is 15.5 Å². The van der Waals surface area contributed by atoms with Gasteiger partial charge in [0.15, 0.2) is 0 Å². The fourth-order valence-electron chi connectivity index (χ4n) is 2.87. The first-order valence-electron chi connectivity index (χ1n) is 7.18. The van der Waals surface area contributed by atoms with Gasteiger partial charge in [-0.3, -0.25) is 9.59 Å². The summed E-state index contributed by atoms with van der Waals surface area (Å²) in [6.45, 7) is 2.56. The number of nitrogens with one attached hydrogen (secondary N) is 2. The predicted octanol–water partition coefficient (Wildman–Crippen LogP) is 1.83. The van der Waals surface area contributed by atoms with E-state index in [1.165, 1.54) is 11.8 Å². The molecule has 1 aromatic rings. The van der Waals surface area contributed by atoms with Crippen LogP contribution in [-0.4, -0.2) is 49.1 Å². The standard InChI is InChI=1S/C15H19N3O2S.ClH/c1-16-7-10-4-5-18(8-10)15(20)11-2-3-13-12(6-11)17-14(19)9-21-13;/h2-3,6,10,16H,4-5,7-9H2,1H3,(H,17,19);1H. The number of anilines is 1. The van der Waals surface area contributed by atoms with Gasteiger partial charge in [0, 0.05) is 23.5 Å². The van der Waals surface area contributed by atoms with E-state index in [4.69, 9.17) is 0 Å². The highest BCUT2D eigenvalue weighted by Gasteiger charge is 2.27. The molecular formula is C15H20ClN3O2S. The summed E-state index contributed by atoms with van der Waals surface area (Å²) >= 11 is 1.51. The summed E-state index contributed by atoms with van der Waals surface area (Å²) in [5.41, 5.74) is 1.41. The van der Waals surface area contributed by atoms with Crippen LogP contribution in [-0.2, 0) is 4.79 Å². The SMILES string of the molecule is CNCC1CCN(C(=O)c2ccc3c(c2)NC(=O)CS3)C1.Cl. The van der Waals surface area contributed by atoms with Crippen molar-refractivity contribution in [2.45, 2.75) is 11.3 Å². The zero-order valence-electron chi connectivity index (χ0n) is 12.4. The molecule has 0 bridgehead atoms. The maximum Gasteiger partial charge on any atom is 0.253 e. The Balaban J connectivity index is 0.00000176. The molecule has 120 valence electrons. The van der Waals surface area contributed by atoms with Gasteiger partial charge in [-0.1, -0.05) is 0 Å². The summed E-state index contributed by atoms with van der Waals surface area (Å²) in [6, 6.07) is 5.58. The molecule has 2 N–H and O–H groups in total. The molecule has 2 amide bonds. The van der Waals surface area contributed by atoms with Gasteiger partial charge in [-0.15, -0.1) is 24.2 Å². The zero-order chi connectivity index (χ0) is 14.8. The predicted molar refractivity (Wildman–Crippen MR) is 91.0 cm³/mol. The van der Waals surface area contributed by atoms with E-state index in [0.29, 0.717) is 17.2 Å². The number of amides is 2. The van der Waals surface area contributed by atoms with E-state index in [2.05, 4.69) is 10.6 Å². The third kappa shape index (κ3) is 3.56. The molecular weight excluding hydrogens is 322 g/mol. The summed E-state index contributed by atoms with van der Waals surface area (Å²) in [6.07, 6.45) is 1.05. The number of carbonyl (C=O) groups is 2. The summed E-state index contributed by atoms with van der Waals surface area (Å²) < 4.78 is 0. The van der Waals surface area contributed by atoms with Crippen molar-refractivity contribution in [1.29, 1.82) is 0 Å². The average Bonchev–Trinajstić information content (AvgIpc) is 2.94. The normalized spacial score (nSPS) is 20.1. The van der Waals surface area contributed by atoms with Gasteiger partial charge in [-0.25, -0.2) is 0 Å². The molecule has 3 rings (SSSR count). The Labute approximate surface area is 140 Å². The Hall–Kier alpha value is -1.24. The number of hydrogen-bond acceptors (Lipinski definition) is 4. The number of rotatable bonds is 3. The first-order chi connectivity index (χ1) is 10.2. The van der Waals surface area contributed by atoms with Crippen molar-refractivity contribution in [3.63, 3.8) is 0 Å². The van der Waals surface area contributed by atoms with Crippen LogP contribution in [0.25, 0.3) is 0 Å². The van der Waals surface area contributed by atoms with Gasteiger partial charge in [0.25, 0.3) is 5.91 Å². The van der Waals surface area contributed by atoms with Gasteiger partial charge >= 0.3 is 0 Å². The molecule has 0 radical (unpaired) electrons. The van der Waals surface area contributed by atoms with Crippen molar-refractivity contribution in [3.8, 4) is 0 Å². The van der Waals surface area contributed by atoms with E-state index in [1.807, 2.05) is 24.1 Å². The van der Waals surface area contributed by atoms with Crippen LogP contribution in [0.1, 0.15) is 16.8 Å². The van der Waals surface area contributed by atoms with Crippen LogP contribution in [0.3, 0.4) is 0 Å². The number of hydrogen-bond donors (Lipinski definition) is 2. The fourth-order valence-corrected chi connectivity index (χ4v) is 3.66. The molecule has 1 unspecified atom stereocenters. The topological polar surface area (TPSA) is 61.4 Å². The lowest BCUT2D eigenvalue weighted by molar-refractivity contribution is -0.113. The molecule has 2 aliphatic heterocycles. The molecule has 2 heterocycles. The molecule has 0 aliphatic carbocycles. The van der Waals surface area contributed by atoms with E-state index in [0.717, 1.165) is 36.6 Å². The second kappa shape index (κ2) is 7.35. The summed E-state index contributed by atoms with van der Waals surface area (Å²) in [5, 5.41) is 6.00. The van der Waals surface area contributed by atoms with Crippen LogP contribution in [0.4, 0.5) is 5.69 Å². The molecule has 5 nitrogen and oxygen atoms in total. The van der Waals surface area contributed by atoms with Crippen LogP contribution in [0.15, 0.2) is 23.1 Å². The second-order valence-corrected chi connectivity index (χ2v) is 6.53. The number of benzene rings is 1. The van der Waals surface area contributed by atoms with Gasteiger partial charge in [0.05, 0.1) is 11.4 Å². The monoisotopic (exact) mass is 341 g/mol. The molecule has 0 saturated carbocycles. The highest BCUT2D eigenvalue weighted by atomic mass is 35.5. The number of likely N-dealkylation sites (tertiary alicyclic amines) is 1. The summed E-state index contributed by atoms with van der Waals surface area (Å²) in [7, 11) is 1.94. The van der Waals surface area contributed by atoms with Crippen LogP contribution in [0.5, 0.6) is 0 Å². The lowest BCUT2D eigenvalue weighted by Gasteiger charge is -2.20. The van der Waals surface area contributed by atoms with Crippen molar-refractivity contribution in [2.24, 2.45) is 5.92 Å². The van der Waals surface area contributed by atoms with Gasteiger partial charge in [-0.05, 0) is 44.1 Å². The third-order valence-electron chi connectivity index (χ3n) is 3.93. The Kier molecular flexibility index (Phi) is 5.72. The second-order valence-electron chi connectivity index (χ2n) is 5.51. The fraction of sp³-hybridized carbons (Fsp3) is 0.467. The molecule has 2 aliphatic rings. The Morgan fingerprint density at radius 1 is 1.50 bits per heavy atom. The molecule has 0 spiro atoms. The first-order valence-corrected chi connectivity index (χ1v) is 8.16. The van der Waals surface area contributed by atoms with Gasteiger partial charge in [0.1, 0.15) is 0 Å². The lowest BCUT2D eigenvalue weighted by Crippen LogP contribution is -2.30. The van der Waals surface area contributed by atoms with Crippen molar-refractivity contribution >= 4 is 41.7 Å². The average molecular weight is 342 g/mol. The number of halogens is 1. The summed E-state index contributed by atoms with van der Waals surface area (Å²) in [4.78, 5) is 26.9. The Morgan fingerprint density at radius 3 is 3.09 bits per heavy atom. The minimum absolute atomic E-state index is 0. The Morgan fingerprint density at radius 2 is 2.32 bits per heavy atom. The number of thioether (sulfide) groups is 1. The van der Waals surface area contributed by atoms with Crippen LogP contribution >= 0.6 is 24.2 Å². The quantitative estimate of drug-likeness (QED) is 0.880. The molecule has 1 aromatic carbocycles. The van der Waals surface area contributed by atoms with E-state index < -0.39 is 0 Å². The van der Waals surface area contributed by atoms with E-state index in [1.54, 1.807) is 6.07 Å². The van der Waals surface area contributed by atoms with Crippen molar-refractivity contribution in [1.82, 2.24) is 10.2 Å². The first kappa shape index (κ1) is 17.1. The minimum Gasteiger partial charge on any atom is -0.338 e. The maximum absolute atomic E-state index is 12.6. The van der Waals surface area contributed by atoms with Crippen LogP contribution in [0.2, 0.25) is 0 Å². The largest absolute Gasteiger partial charge is 0.338 e. The Bertz CT molecular complexity index is 582. The van der Waals surface area contributed by atoms with Crippen molar-refractivity contribution < 1.29 is 9.59 Å². The lowest BCUT2D eigenvalue weighted by atomic mass is 10.1. The summed E-state index contributed by atoms with van der Waals surface area (Å²) in [5.74, 6) is 1.03. The molecule has 1 saturated heterocycles. The van der Waals surface area contributed by atoms with Gasteiger partial charge in [-0.2, -0.15) is 0 Å². The molecule has 0 aromatic heterocycles. The number of nitrogens with zero attached hydrogens (tertiary/aromatic N) is 1. The van der Waals surface area contributed by atoms with Crippen LogP contribution in [0, 0.1) is 5.92 Å². The zero-order valence-corrected chi connectivity index (χ0v) is 14.1. The number of fused-ring (bicyclic) bond motifs is 1. The highest BCUT2D eigenvalue weighted by molar-refractivity contribution is 8.00. The van der Waals surface area contributed by atoms with E-state index in [9.17, 15) is 9.59 Å².